The molecule has 0 saturated carbocycles. The summed E-state index contributed by atoms with van der Waals surface area (Å²) in [6.07, 6.45) is 0.0362. The fraction of sp³-hybridized carbons (Fsp3) is 0.533. The molecule has 5 N–H and O–H groups in total. The highest BCUT2D eigenvalue weighted by molar-refractivity contribution is 6.36. The van der Waals surface area contributed by atoms with Crippen LogP contribution in [0.3, 0.4) is 0 Å². The highest BCUT2D eigenvalue weighted by atomic mass is 35.5. The summed E-state index contributed by atoms with van der Waals surface area (Å²) in [5.41, 5.74) is 6.66. The van der Waals surface area contributed by atoms with Gasteiger partial charge in [0.1, 0.15) is 6.04 Å². The van der Waals surface area contributed by atoms with E-state index in [0.717, 1.165) is 19.5 Å². The largest absolute Gasteiger partial charge is 0.386 e. The van der Waals surface area contributed by atoms with Crippen LogP contribution in [-0.4, -0.2) is 42.7 Å². The summed E-state index contributed by atoms with van der Waals surface area (Å²) in [4.78, 5) is 12.4. The van der Waals surface area contributed by atoms with E-state index in [9.17, 15) is 9.90 Å². The van der Waals surface area contributed by atoms with Crippen molar-refractivity contribution in [3.05, 3.63) is 33.8 Å². The standard InChI is InChI=1S/C15H20Cl2N4O2.ClH/c16-9-2-1-3-10(17)13(9)12(22)7-19-15(23)14-8-6-18-5-4-11(8)20-21-14;/h1-3,8,11-12,14,18,20-22H,4-7H2,(H,19,23);1H. The Labute approximate surface area is 157 Å². The van der Waals surface area contributed by atoms with Gasteiger partial charge in [0.2, 0.25) is 5.91 Å². The van der Waals surface area contributed by atoms with E-state index in [-0.39, 0.29) is 36.8 Å². The molecule has 0 aliphatic carbocycles. The zero-order valence-electron chi connectivity index (χ0n) is 12.9. The number of piperidine rings is 1. The molecule has 0 aromatic heterocycles. The van der Waals surface area contributed by atoms with Crippen LogP contribution in [-0.2, 0) is 4.79 Å². The highest BCUT2D eigenvalue weighted by Crippen LogP contribution is 2.30. The van der Waals surface area contributed by atoms with Crippen molar-refractivity contribution >= 4 is 41.5 Å². The minimum Gasteiger partial charge on any atom is -0.386 e. The summed E-state index contributed by atoms with van der Waals surface area (Å²) in [7, 11) is 0. The molecule has 4 unspecified atom stereocenters. The second-order valence-electron chi connectivity index (χ2n) is 5.93. The van der Waals surface area contributed by atoms with Crippen LogP contribution in [0.1, 0.15) is 18.1 Å². The van der Waals surface area contributed by atoms with E-state index in [1.54, 1.807) is 18.2 Å². The van der Waals surface area contributed by atoms with Crippen LogP contribution in [0.25, 0.3) is 0 Å². The second kappa shape index (κ2) is 8.67. The van der Waals surface area contributed by atoms with Gasteiger partial charge in [-0.05, 0) is 25.1 Å². The number of benzene rings is 1. The molecule has 2 saturated heterocycles. The van der Waals surface area contributed by atoms with Gasteiger partial charge in [-0.25, -0.2) is 5.43 Å². The van der Waals surface area contributed by atoms with Crippen molar-refractivity contribution in [3.63, 3.8) is 0 Å². The number of nitrogens with one attached hydrogen (secondary N) is 4. The maximum Gasteiger partial charge on any atom is 0.238 e. The van der Waals surface area contributed by atoms with E-state index in [2.05, 4.69) is 21.5 Å². The number of amides is 1. The van der Waals surface area contributed by atoms with E-state index in [4.69, 9.17) is 23.2 Å². The van der Waals surface area contributed by atoms with Gasteiger partial charge in [-0.15, -0.1) is 12.4 Å². The van der Waals surface area contributed by atoms with Gasteiger partial charge in [-0.2, -0.15) is 0 Å². The number of hydrogen-bond donors (Lipinski definition) is 5. The summed E-state index contributed by atoms with van der Waals surface area (Å²) < 4.78 is 0. The predicted molar refractivity (Wildman–Crippen MR) is 96.5 cm³/mol. The molecule has 134 valence electrons. The number of carbonyl (C=O) groups is 1. The Morgan fingerprint density at radius 3 is 2.75 bits per heavy atom. The van der Waals surface area contributed by atoms with Gasteiger partial charge in [0.25, 0.3) is 0 Å². The summed E-state index contributed by atoms with van der Waals surface area (Å²) >= 11 is 12.1. The van der Waals surface area contributed by atoms with Gasteiger partial charge in [-0.1, -0.05) is 29.3 Å². The van der Waals surface area contributed by atoms with Crippen molar-refractivity contribution in [1.82, 2.24) is 21.5 Å². The maximum absolute atomic E-state index is 12.4. The van der Waals surface area contributed by atoms with Crippen LogP contribution in [0.5, 0.6) is 0 Å². The smallest absolute Gasteiger partial charge is 0.238 e. The molecule has 3 rings (SSSR count). The number of aliphatic hydroxyl groups excluding tert-OH is 1. The zero-order chi connectivity index (χ0) is 16.4. The SMILES string of the molecule is Cl.O=C(NCC(O)c1c(Cl)cccc1Cl)C1NNC2CCNCC21. The quantitative estimate of drug-likeness (QED) is 0.526. The van der Waals surface area contributed by atoms with Crippen LogP contribution < -0.4 is 21.5 Å². The van der Waals surface area contributed by atoms with Gasteiger partial charge in [-0.3, -0.25) is 10.2 Å². The van der Waals surface area contributed by atoms with E-state index in [1.807, 2.05) is 0 Å². The minimum atomic E-state index is -0.949. The van der Waals surface area contributed by atoms with Crippen LogP contribution in [0.4, 0.5) is 0 Å². The van der Waals surface area contributed by atoms with Crippen molar-refractivity contribution in [3.8, 4) is 0 Å². The molecule has 1 aromatic carbocycles. The maximum atomic E-state index is 12.4. The Morgan fingerprint density at radius 1 is 1.33 bits per heavy atom. The van der Waals surface area contributed by atoms with Crippen LogP contribution in [0.15, 0.2) is 18.2 Å². The number of aliphatic hydroxyl groups is 1. The van der Waals surface area contributed by atoms with Crippen LogP contribution in [0, 0.1) is 5.92 Å². The van der Waals surface area contributed by atoms with Crippen molar-refractivity contribution < 1.29 is 9.90 Å². The third kappa shape index (κ3) is 4.14. The fourth-order valence-electron chi connectivity index (χ4n) is 3.21. The molecule has 0 radical (unpaired) electrons. The minimum absolute atomic E-state index is 0. The van der Waals surface area contributed by atoms with Crippen LogP contribution in [0.2, 0.25) is 10.0 Å². The lowest BCUT2D eigenvalue weighted by Gasteiger charge is -2.27. The molecule has 1 amide bonds. The number of rotatable bonds is 4. The van der Waals surface area contributed by atoms with Gasteiger partial charge in [0.05, 0.1) is 6.10 Å². The average molecular weight is 396 g/mol. The van der Waals surface area contributed by atoms with Crippen LogP contribution >= 0.6 is 35.6 Å². The summed E-state index contributed by atoms with van der Waals surface area (Å²) in [5.74, 6) is 0.0562. The van der Waals surface area contributed by atoms with Crippen molar-refractivity contribution in [1.29, 1.82) is 0 Å². The highest BCUT2D eigenvalue weighted by Gasteiger charge is 2.41. The second-order valence-corrected chi connectivity index (χ2v) is 6.74. The lowest BCUT2D eigenvalue weighted by molar-refractivity contribution is -0.124. The lowest BCUT2D eigenvalue weighted by Crippen LogP contribution is -2.49. The normalized spacial score (nSPS) is 27.0. The first-order valence-corrected chi connectivity index (χ1v) is 8.45. The zero-order valence-corrected chi connectivity index (χ0v) is 15.2. The number of hydrogen-bond acceptors (Lipinski definition) is 5. The average Bonchev–Trinajstić information content (AvgIpc) is 2.96. The molecule has 2 heterocycles. The molecule has 6 nitrogen and oxygen atoms in total. The van der Waals surface area contributed by atoms with Crippen molar-refractivity contribution in [2.75, 3.05) is 19.6 Å². The first-order chi connectivity index (χ1) is 11.1. The summed E-state index contributed by atoms with van der Waals surface area (Å²) in [6, 6.07) is 5.02. The van der Waals surface area contributed by atoms with Crippen molar-refractivity contribution in [2.45, 2.75) is 24.6 Å². The molecular weight excluding hydrogens is 375 g/mol. The Hall–Kier alpha value is -0.600. The molecule has 24 heavy (non-hydrogen) atoms. The molecule has 2 aliphatic heterocycles. The Bertz CT molecular complexity index is 570. The number of hydrazine groups is 1. The Morgan fingerprint density at radius 2 is 2.04 bits per heavy atom. The van der Waals surface area contributed by atoms with E-state index in [1.165, 1.54) is 0 Å². The molecule has 0 bridgehead atoms. The molecule has 0 spiro atoms. The number of halogens is 3. The summed E-state index contributed by atoms with van der Waals surface area (Å²) in [6.45, 7) is 1.81. The van der Waals surface area contributed by atoms with Gasteiger partial charge < -0.3 is 15.7 Å². The van der Waals surface area contributed by atoms with Gasteiger partial charge in [0.15, 0.2) is 0 Å². The van der Waals surface area contributed by atoms with E-state index >= 15 is 0 Å². The Balaban J connectivity index is 0.00000208. The molecule has 2 aliphatic rings. The summed E-state index contributed by atoms with van der Waals surface area (Å²) in [5, 5.41) is 17.1. The molecular formula is C15H21Cl3N4O2. The fourth-order valence-corrected chi connectivity index (χ4v) is 3.86. The Kier molecular flexibility index (Phi) is 7.12. The molecule has 9 heteroatoms. The molecule has 1 aromatic rings. The number of fused-ring (bicyclic) bond motifs is 1. The third-order valence-corrected chi connectivity index (χ3v) is 5.13. The van der Waals surface area contributed by atoms with E-state index < -0.39 is 6.10 Å². The molecule has 2 fully saturated rings. The third-order valence-electron chi connectivity index (χ3n) is 4.47. The lowest BCUT2D eigenvalue weighted by atomic mass is 9.89. The first-order valence-electron chi connectivity index (χ1n) is 7.69. The van der Waals surface area contributed by atoms with E-state index in [0.29, 0.717) is 21.7 Å². The van der Waals surface area contributed by atoms with Gasteiger partial charge >= 0.3 is 0 Å². The molecule has 4 atom stereocenters. The number of carbonyl (C=O) groups excluding carboxylic acids is 1. The topological polar surface area (TPSA) is 85.4 Å². The predicted octanol–water partition coefficient (Wildman–Crippen LogP) is 1.02. The monoisotopic (exact) mass is 394 g/mol. The first kappa shape index (κ1) is 19.7. The van der Waals surface area contributed by atoms with Crippen molar-refractivity contribution in [2.24, 2.45) is 5.92 Å². The van der Waals surface area contributed by atoms with Gasteiger partial charge in [0, 0.05) is 40.7 Å².